The molecule has 5 nitrogen and oxygen atoms in total. The van der Waals surface area contributed by atoms with E-state index < -0.39 is 0 Å². The van der Waals surface area contributed by atoms with Gasteiger partial charge in [0.05, 0.1) is 12.8 Å². The van der Waals surface area contributed by atoms with Crippen LogP contribution in [0.25, 0.3) is 0 Å². The van der Waals surface area contributed by atoms with Gasteiger partial charge in [-0.05, 0) is 61.0 Å². The van der Waals surface area contributed by atoms with Crippen LogP contribution in [0.2, 0.25) is 0 Å². The number of nitrogens with one attached hydrogen (secondary N) is 1. The monoisotopic (exact) mass is 374 g/mol. The van der Waals surface area contributed by atoms with Gasteiger partial charge in [-0.1, -0.05) is 23.8 Å². The van der Waals surface area contributed by atoms with Crippen molar-refractivity contribution in [1.29, 1.82) is 0 Å². The summed E-state index contributed by atoms with van der Waals surface area (Å²) in [5, 5.41) is 2.80. The Hall–Kier alpha value is -3.60. The Morgan fingerprint density at radius 2 is 1.75 bits per heavy atom. The Kier molecular flexibility index (Phi) is 6.41. The fourth-order valence-corrected chi connectivity index (χ4v) is 2.47. The average Bonchev–Trinajstić information content (AvgIpc) is 2.73. The summed E-state index contributed by atoms with van der Waals surface area (Å²) in [5.41, 5.74) is 3.64. The fourth-order valence-electron chi connectivity index (χ4n) is 2.47. The lowest BCUT2D eigenvalue weighted by molar-refractivity contribution is -0.118. The van der Waals surface area contributed by atoms with Crippen LogP contribution in [-0.2, 0) is 4.79 Å². The smallest absolute Gasteiger partial charge is 0.262 e. The number of nitrogens with zero attached hydrogens (tertiary/aromatic N) is 1. The van der Waals surface area contributed by atoms with E-state index in [0.29, 0.717) is 5.75 Å². The molecular formula is C23H22N2O3. The van der Waals surface area contributed by atoms with Crippen molar-refractivity contribution in [2.75, 3.05) is 19.0 Å². The molecule has 5 heteroatoms. The minimum atomic E-state index is -0.201. The van der Waals surface area contributed by atoms with E-state index in [1.165, 1.54) is 0 Å². The highest BCUT2D eigenvalue weighted by molar-refractivity contribution is 5.91. The van der Waals surface area contributed by atoms with Crippen molar-refractivity contribution in [2.45, 2.75) is 6.92 Å². The molecule has 0 aromatic heterocycles. The number of methoxy groups -OCH3 is 1. The van der Waals surface area contributed by atoms with Crippen molar-refractivity contribution < 1.29 is 14.3 Å². The van der Waals surface area contributed by atoms with E-state index in [1.54, 1.807) is 13.3 Å². The average molecular weight is 374 g/mol. The standard InChI is InChI=1S/C23H22N2O3/c1-17-6-10-19(11-7-17)25-23(26)16-28-21-12-8-18(9-13-21)15-24-20-4-3-5-22(14-20)27-2/h3-15H,16H2,1-2H3,(H,25,26). The molecule has 0 unspecified atom stereocenters. The van der Waals surface area contributed by atoms with Crippen LogP contribution in [0.1, 0.15) is 11.1 Å². The molecule has 0 aliphatic carbocycles. The molecule has 0 radical (unpaired) electrons. The summed E-state index contributed by atoms with van der Waals surface area (Å²) in [4.78, 5) is 16.4. The SMILES string of the molecule is COc1cccc(N=Cc2ccc(OCC(=O)Nc3ccc(C)cc3)cc2)c1. The molecule has 0 saturated carbocycles. The number of benzene rings is 3. The van der Waals surface area contributed by atoms with E-state index in [4.69, 9.17) is 9.47 Å². The molecule has 0 saturated heterocycles. The first-order chi connectivity index (χ1) is 13.6. The lowest BCUT2D eigenvalue weighted by Crippen LogP contribution is -2.20. The Labute approximate surface area is 164 Å². The molecule has 3 aromatic rings. The number of ether oxygens (including phenoxy) is 2. The zero-order valence-electron chi connectivity index (χ0n) is 15.9. The Morgan fingerprint density at radius 1 is 1.00 bits per heavy atom. The van der Waals surface area contributed by atoms with E-state index in [-0.39, 0.29) is 12.5 Å². The second kappa shape index (κ2) is 9.37. The zero-order chi connectivity index (χ0) is 19.8. The van der Waals surface area contributed by atoms with Gasteiger partial charge in [-0.25, -0.2) is 0 Å². The number of aryl methyl sites for hydroxylation is 1. The molecule has 0 bridgehead atoms. The Bertz CT molecular complexity index is 948. The van der Waals surface area contributed by atoms with Gasteiger partial charge in [0.1, 0.15) is 11.5 Å². The lowest BCUT2D eigenvalue weighted by Gasteiger charge is -2.08. The van der Waals surface area contributed by atoms with E-state index in [1.807, 2.05) is 79.7 Å². The van der Waals surface area contributed by atoms with Gasteiger partial charge < -0.3 is 14.8 Å². The first-order valence-corrected chi connectivity index (χ1v) is 8.90. The molecule has 0 heterocycles. The van der Waals surface area contributed by atoms with Gasteiger partial charge in [0.15, 0.2) is 6.61 Å². The molecule has 0 spiro atoms. The summed E-state index contributed by atoms with van der Waals surface area (Å²) in [6.07, 6.45) is 1.77. The van der Waals surface area contributed by atoms with Crippen molar-refractivity contribution >= 4 is 23.5 Å². The van der Waals surface area contributed by atoms with Gasteiger partial charge in [-0.3, -0.25) is 9.79 Å². The summed E-state index contributed by atoms with van der Waals surface area (Å²) in [6, 6.07) is 22.6. The van der Waals surface area contributed by atoms with Gasteiger partial charge in [0.25, 0.3) is 5.91 Å². The molecule has 1 amide bonds. The maximum Gasteiger partial charge on any atom is 0.262 e. The van der Waals surface area contributed by atoms with Crippen LogP contribution >= 0.6 is 0 Å². The zero-order valence-corrected chi connectivity index (χ0v) is 15.9. The molecule has 0 aliphatic heterocycles. The number of rotatable bonds is 7. The van der Waals surface area contributed by atoms with Crippen LogP contribution in [0.3, 0.4) is 0 Å². The Balaban J connectivity index is 1.51. The summed E-state index contributed by atoms with van der Waals surface area (Å²) >= 11 is 0. The number of aliphatic imine (C=N–C) groups is 1. The predicted molar refractivity (Wildman–Crippen MR) is 112 cm³/mol. The first-order valence-electron chi connectivity index (χ1n) is 8.90. The normalized spacial score (nSPS) is 10.6. The first kappa shape index (κ1) is 19.2. The molecule has 28 heavy (non-hydrogen) atoms. The second-order valence-electron chi connectivity index (χ2n) is 6.23. The highest BCUT2D eigenvalue weighted by atomic mass is 16.5. The van der Waals surface area contributed by atoms with Crippen LogP contribution in [-0.4, -0.2) is 25.8 Å². The highest BCUT2D eigenvalue weighted by Gasteiger charge is 2.04. The third kappa shape index (κ3) is 5.71. The van der Waals surface area contributed by atoms with Gasteiger partial charge in [0.2, 0.25) is 0 Å². The maximum atomic E-state index is 12.0. The van der Waals surface area contributed by atoms with Gasteiger partial charge in [-0.2, -0.15) is 0 Å². The topological polar surface area (TPSA) is 59.9 Å². The maximum absolute atomic E-state index is 12.0. The minimum Gasteiger partial charge on any atom is -0.497 e. The van der Waals surface area contributed by atoms with Crippen LogP contribution in [0, 0.1) is 6.92 Å². The fraction of sp³-hybridized carbons (Fsp3) is 0.130. The second-order valence-corrected chi connectivity index (χ2v) is 6.23. The molecule has 3 aromatic carbocycles. The molecule has 0 aliphatic rings. The molecule has 0 atom stereocenters. The number of carbonyl (C=O) groups excluding carboxylic acids is 1. The van der Waals surface area contributed by atoms with Crippen LogP contribution < -0.4 is 14.8 Å². The molecule has 1 N–H and O–H groups in total. The largest absolute Gasteiger partial charge is 0.497 e. The Morgan fingerprint density at radius 3 is 2.46 bits per heavy atom. The minimum absolute atomic E-state index is 0.0505. The van der Waals surface area contributed by atoms with Crippen LogP contribution in [0.4, 0.5) is 11.4 Å². The van der Waals surface area contributed by atoms with Crippen molar-refractivity contribution in [3.05, 3.63) is 83.9 Å². The summed E-state index contributed by atoms with van der Waals surface area (Å²) < 4.78 is 10.7. The van der Waals surface area contributed by atoms with E-state index in [2.05, 4.69) is 10.3 Å². The molecular weight excluding hydrogens is 352 g/mol. The van der Waals surface area contributed by atoms with Gasteiger partial charge in [-0.15, -0.1) is 0 Å². The van der Waals surface area contributed by atoms with E-state index >= 15 is 0 Å². The third-order valence-corrected chi connectivity index (χ3v) is 4.00. The number of hydrogen-bond donors (Lipinski definition) is 1. The summed E-state index contributed by atoms with van der Waals surface area (Å²) in [7, 11) is 1.63. The number of anilines is 1. The molecule has 0 fully saturated rings. The van der Waals surface area contributed by atoms with E-state index in [0.717, 1.165) is 28.3 Å². The molecule has 142 valence electrons. The lowest BCUT2D eigenvalue weighted by atomic mass is 10.2. The van der Waals surface area contributed by atoms with Gasteiger partial charge in [0, 0.05) is 18.0 Å². The third-order valence-electron chi connectivity index (χ3n) is 4.00. The summed E-state index contributed by atoms with van der Waals surface area (Å²) in [6.45, 7) is 1.95. The number of hydrogen-bond acceptors (Lipinski definition) is 4. The number of carbonyl (C=O) groups is 1. The highest BCUT2D eigenvalue weighted by Crippen LogP contribution is 2.19. The molecule has 3 rings (SSSR count). The van der Waals surface area contributed by atoms with E-state index in [9.17, 15) is 4.79 Å². The van der Waals surface area contributed by atoms with Crippen molar-refractivity contribution in [1.82, 2.24) is 0 Å². The van der Waals surface area contributed by atoms with Crippen molar-refractivity contribution in [2.24, 2.45) is 4.99 Å². The van der Waals surface area contributed by atoms with Crippen molar-refractivity contribution in [3.63, 3.8) is 0 Å². The van der Waals surface area contributed by atoms with Crippen LogP contribution in [0.15, 0.2) is 77.8 Å². The summed E-state index contributed by atoms with van der Waals surface area (Å²) in [5.74, 6) is 1.19. The number of amides is 1. The van der Waals surface area contributed by atoms with Crippen LogP contribution in [0.5, 0.6) is 11.5 Å². The quantitative estimate of drug-likeness (QED) is 0.606. The van der Waals surface area contributed by atoms with Gasteiger partial charge >= 0.3 is 0 Å². The van der Waals surface area contributed by atoms with Crippen molar-refractivity contribution in [3.8, 4) is 11.5 Å². The predicted octanol–water partition coefficient (Wildman–Crippen LogP) is 4.77.